The molecule has 0 radical (unpaired) electrons. The van der Waals surface area contributed by atoms with Crippen LogP contribution >= 0.6 is 0 Å². The van der Waals surface area contributed by atoms with Crippen LogP contribution < -0.4 is 0 Å². The maximum absolute atomic E-state index is 12.2. The molecule has 3 aromatic carbocycles. The average molecular weight is 579 g/mol. The van der Waals surface area contributed by atoms with Gasteiger partial charge in [-0.1, -0.05) is 72.8 Å². The van der Waals surface area contributed by atoms with Gasteiger partial charge in [-0.25, -0.2) is 4.79 Å². The highest BCUT2D eigenvalue weighted by atomic mass is 16.7. The van der Waals surface area contributed by atoms with Gasteiger partial charge in [0, 0.05) is 13.8 Å². The SMILES string of the molecule is CC(=O)O[C@@H]1[C@@H](OC(C)=O)[C@H](OCc2ccc(COC(=O)c3ccccc3)cc2)O[C@H](CO)[C@H]1OCc1ccccc1. The Labute approximate surface area is 244 Å². The first-order chi connectivity index (χ1) is 20.3. The van der Waals surface area contributed by atoms with Crippen molar-refractivity contribution in [1.29, 1.82) is 0 Å². The molecule has 0 aliphatic carbocycles. The first-order valence-electron chi connectivity index (χ1n) is 13.5. The number of hydrogen-bond donors (Lipinski definition) is 1. The number of ether oxygens (including phenoxy) is 6. The molecule has 0 spiro atoms. The number of aliphatic hydroxyl groups is 1. The second-order valence-corrected chi connectivity index (χ2v) is 9.70. The van der Waals surface area contributed by atoms with E-state index in [4.69, 9.17) is 28.4 Å². The van der Waals surface area contributed by atoms with Gasteiger partial charge >= 0.3 is 17.9 Å². The lowest BCUT2D eigenvalue weighted by molar-refractivity contribution is -0.315. The number of aliphatic hydroxyl groups excluding tert-OH is 1. The monoisotopic (exact) mass is 578 g/mol. The van der Waals surface area contributed by atoms with Crippen LogP contribution in [0.5, 0.6) is 0 Å². The Hall–Kier alpha value is -4.09. The number of carbonyl (C=O) groups is 3. The normalized spacial score (nSPS) is 21.7. The lowest BCUT2D eigenvalue weighted by Crippen LogP contribution is -2.62. The summed E-state index contributed by atoms with van der Waals surface area (Å²) in [5.41, 5.74) is 2.86. The van der Waals surface area contributed by atoms with E-state index in [1.807, 2.05) is 36.4 Å². The molecule has 10 heteroatoms. The lowest BCUT2D eigenvalue weighted by atomic mass is 9.98. The van der Waals surface area contributed by atoms with Crippen molar-refractivity contribution in [2.45, 2.75) is 64.4 Å². The van der Waals surface area contributed by atoms with Gasteiger partial charge in [-0.2, -0.15) is 0 Å². The quantitative estimate of drug-likeness (QED) is 0.251. The van der Waals surface area contributed by atoms with E-state index in [1.54, 1.807) is 48.5 Å². The number of esters is 3. The molecule has 0 amide bonds. The van der Waals surface area contributed by atoms with Crippen LogP contribution in [0.1, 0.15) is 40.9 Å². The Morgan fingerprint density at radius 2 is 1.19 bits per heavy atom. The fourth-order valence-corrected chi connectivity index (χ4v) is 4.49. The van der Waals surface area contributed by atoms with Gasteiger partial charge in [-0.15, -0.1) is 0 Å². The maximum Gasteiger partial charge on any atom is 0.338 e. The second kappa shape index (κ2) is 15.2. The van der Waals surface area contributed by atoms with Crippen molar-refractivity contribution in [3.8, 4) is 0 Å². The minimum atomic E-state index is -1.17. The molecule has 0 aromatic heterocycles. The molecule has 1 N–H and O–H groups in total. The summed E-state index contributed by atoms with van der Waals surface area (Å²) in [5, 5.41) is 10.1. The summed E-state index contributed by atoms with van der Waals surface area (Å²) in [4.78, 5) is 36.3. The zero-order chi connectivity index (χ0) is 29.9. The lowest BCUT2D eigenvalue weighted by Gasteiger charge is -2.44. The maximum atomic E-state index is 12.2. The summed E-state index contributed by atoms with van der Waals surface area (Å²) < 4.78 is 34.5. The fourth-order valence-electron chi connectivity index (χ4n) is 4.49. The van der Waals surface area contributed by atoms with Crippen LogP contribution in [0.2, 0.25) is 0 Å². The fraction of sp³-hybridized carbons (Fsp3) is 0.344. The van der Waals surface area contributed by atoms with Crippen molar-refractivity contribution in [2.75, 3.05) is 6.61 Å². The minimum Gasteiger partial charge on any atom is -0.457 e. The summed E-state index contributed by atoms with van der Waals surface area (Å²) in [6.45, 7) is 2.30. The molecule has 222 valence electrons. The molecule has 5 atom stereocenters. The molecule has 1 heterocycles. The van der Waals surface area contributed by atoms with Crippen molar-refractivity contribution in [2.24, 2.45) is 0 Å². The summed E-state index contributed by atoms with van der Waals surface area (Å²) in [5.74, 6) is -1.67. The number of rotatable bonds is 12. The molecule has 0 unspecified atom stereocenters. The predicted molar refractivity (Wildman–Crippen MR) is 149 cm³/mol. The molecule has 42 heavy (non-hydrogen) atoms. The average Bonchev–Trinajstić information content (AvgIpc) is 3.00. The van der Waals surface area contributed by atoms with Crippen LogP contribution in [-0.2, 0) is 57.8 Å². The van der Waals surface area contributed by atoms with Crippen LogP contribution in [0, 0.1) is 0 Å². The molecule has 4 rings (SSSR count). The van der Waals surface area contributed by atoms with Crippen LogP contribution in [0.15, 0.2) is 84.9 Å². The second-order valence-electron chi connectivity index (χ2n) is 9.70. The molecular weight excluding hydrogens is 544 g/mol. The summed E-state index contributed by atoms with van der Waals surface area (Å²) >= 11 is 0. The van der Waals surface area contributed by atoms with Crippen LogP contribution in [-0.4, -0.2) is 60.3 Å². The minimum absolute atomic E-state index is 0.0486. The molecule has 10 nitrogen and oxygen atoms in total. The van der Waals surface area contributed by atoms with E-state index in [-0.39, 0.29) is 19.8 Å². The molecule has 0 bridgehead atoms. The highest BCUT2D eigenvalue weighted by Crippen LogP contribution is 2.30. The number of carbonyl (C=O) groups excluding carboxylic acids is 3. The smallest absolute Gasteiger partial charge is 0.338 e. The number of benzene rings is 3. The van der Waals surface area contributed by atoms with Crippen LogP contribution in [0.25, 0.3) is 0 Å². The van der Waals surface area contributed by atoms with E-state index < -0.39 is 55.2 Å². The van der Waals surface area contributed by atoms with Crippen molar-refractivity contribution in [3.05, 3.63) is 107 Å². The summed E-state index contributed by atoms with van der Waals surface area (Å²) in [6.07, 6.45) is -5.31. The van der Waals surface area contributed by atoms with Crippen molar-refractivity contribution < 1.29 is 47.9 Å². The Morgan fingerprint density at radius 3 is 1.79 bits per heavy atom. The zero-order valence-electron chi connectivity index (χ0n) is 23.4. The van der Waals surface area contributed by atoms with E-state index in [0.29, 0.717) is 5.56 Å². The number of hydrogen-bond acceptors (Lipinski definition) is 10. The summed E-state index contributed by atoms with van der Waals surface area (Å²) in [6, 6.07) is 25.3. The van der Waals surface area contributed by atoms with Gasteiger partial charge in [0.05, 0.1) is 25.4 Å². The van der Waals surface area contributed by atoms with E-state index in [2.05, 4.69) is 0 Å². The van der Waals surface area contributed by atoms with Gasteiger partial charge in [0.2, 0.25) is 0 Å². The van der Waals surface area contributed by atoms with Crippen molar-refractivity contribution in [3.63, 3.8) is 0 Å². The van der Waals surface area contributed by atoms with Crippen LogP contribution in [0.3, 0.4) is 0 Å². The summed E-state index contributed by atoms with van der Waals surface area (Å²) in [7, 11) is 0. The van der Waals surface area contributed by atoms with Gasteiger partial charge in [0.1, 0.15) is 18.8 Å². The third-order valence-corrected chi connectivity index (χ3v) is 6.48. The van der Waals surface area contributed by atoms with Crippen molar-refractivity contribution in [1.82, 2.24) is 0 Å². The van der Waals surface area contributed by atoms with Gasteiger partial charge in [0.25, 0.3) is 0 Å². The standard InChI is InChI=1S/C32H34O10/c1-21(34)40-29-28(37-18-23-9-5-3-6-10-23)27(17-33)42-32(30(29)41-22(2)35)39-20-25-15-13-24(14-16-25)19-38-31(36)26-11-7-4-8-12-26/h3-16,27-30,32-33H,17-20H2,1-2H3/t27-,28-,29+,30-,32-/m1/s1. The van der Waals surface area contributed by atoms with Crippen LogP contribution in [0.4, 0.5) is 0 Å². The predicted octanol–water partition coefficient (Wildman–Crippen LogP) is 3.73. The zero-order valence-corrected chi connectivity index (χ0v) is 23.4. The van der Waals surface area contributed by atoms with E-state index >= 15 is 0 Å². The van der Waals surface area contributed by atoms with Gasteiger partial charge in [-0.3, -0.25) is 9.59 Å². The molecule has 0 saturated carbocycles. The molecule has 1 aliphatic heterocycles. The highest BCUT2D eigenvalue weighted by Gasteiger charge is 2.51. The molecule has 1 fully saturated rings. The highest BCUT2D eigenvalue weighted by molar-refractivity contribution is 5.89. The first-order valence-corrected chi connectivity index (χ1v) is 13.5. The third kappa shape index (κ3) is 8.70. The van der Waals surface area contributed by atoms with Gasteiger partial charge in [-0.05, 0) is 28.8 Å². The largest absolute Gasteiger partial charge is 0.457 e. The molecule has 3 aromatic rings. The molecule has 1 saturated heterocycles. The van der Waals surface area contributed by atoms with Crippen molar-refractivity contribution >= 4 is 17.9 Å². The Bertz CT molecular complexity index is 1300. The van der Waals surface area contributed by atoms with Gasteiger partial charge < -0.3 is 33.5 Å². The molecular formula is C32H34O10. The first kappa shape index (κ1) is 30.9. The topological polar surface area (TPSA) is 127 Å². The Morgan fingerprint density at radius 1 is 0.667 bits per heavy atom. The van der Waals surface area contributed by atoms with Gasteiger partial charge in [0.15, 0.2) is 18.5 Å². The Balaban J connectivity index is 1.42. The van der Waals surface area contributed by atoms with E-state index in [0.717, 1.165) is 16.7 Å². The Kier molecular flexibility index (Phi) is 11.2. The third-order valence-electron chi connectivity index (χ3n) is 6.48. The van der Waals surface area contributed by atoms with E-state index in [1.165, 1.54) is 13.8 Å². The van der Waals surface area contributed by atoms with E-state index in [9.17, 15) is 19.5 Å². The molecule has 1 aliphatic rings.